The van der Waals surface area contributed by atoms with E-state index in [1.165, 1.54) is 18.2 Å². The smallest absolute Gasteiger partial charge is 0.339 e. The molecule has 0 heterocycles. The van der Waals surface area contributed by atoms with Gasteiger partial charge < -0.3 is 16.2 Å². The average Bonchev–Trinajstić information content (AvgIpc) is 2.41. The van der Waals surface area contributed by atoms with Gasteiger partial charge in [-0.15, -0.1) is 0 Å². The van der Waals surface area contributed by atoms with Crippen LogP contribution < -0.4 is 11.1 Å². The van der Waals surface area contributed by atoms with Gasteiger partial charge in [0.05, 0.1) is 10.7 Å². The van der Waals surface area contributed by atoms with Crippen LogP contribution in [-0.4, -0.2) is 17.0 Å². The van der Waals surface area contributed by atoms with E-state index in [2.05, 4.69) is 5.32 Å². The maximum atomic E-state index is 12.2. The van der Waals surface area contributed by atoms with Crippen molar-refractivity contribution in [3.63, 3.8) is 0 Å². The summed E-state index contributed by atoms with van der Waals surface area (Å²) >= 11 is 5.85. The van der Waals surface area contributed by atoms with Crippen LogP contribution in [0.5, 0.6) is 0 Å². The number of hydrogen-bond donors (Lipinski definition) is 3. The number of aryl methyl sites for hydroxylation is 1. The molecule has 0 spiro atoms. The van der Waals surface area contributed by atoms with Crippen molar-refractivity contribution in [2.75, 3.05) is 11.1 Å². The number of nitrogens with one attached hydrogen (secondary N) is 1. The van der Waals surface area contributed by atoms with Crippen LogP contribution in [0.15, 0.2) is 36.4 Å². The van der Waals surface area contributed by atoms with Gasteiger partial charge in [-0.05, 0) is 36.8 Å². The second-order valence-electron chi connectivity index (χ2n) is 4.49. The molecule has 0 saturated heterocycles. The molecule has 2 aromatic rings. The van der Waals surface area contributed by atoms with E-state index < -0.39 is 11.9 Å². The molecule has 2 aromatic carbocycles. The predicted octanol–water partition coefficient (Wildman–Crippen LogP) is 3.18. The Morgan fingerprint density at radius 1 is 1.24 bits per heavy atom. The van der Waals surface area contributed by atoms with Gasteiger partial charge in [-0.1, -0.05) is 23.7 Å². The minimum absolute atomic E-state index is 0.0590. The largest absolute Gasteiger partial charge is 0.478 e. The van der Waals surface area contributed by atoms with Gasteiger partial charge in [0.15, 0.2) is 0 Å². The molecule has 21 heavy (non-hydrogen) atoms. The molecule has 5 nitrogen and oxygen atoms in total. The van der Waals surface area contributed by atoms with Crippen LogP contribution >= 0.6 is 11.6 Å². The zero-order valence-corrected chi connectivity index (χ0v) is 11.9. The Hall–Kier alpha value is -2.53. The van der Waals surface area contributed by atoms with E-state index in [0.29, 0.717) is 11.3 Å². The Labute approximate surface area is 126 Å². The standard InChI is InChI=1S/C15H13ClN2O3/c1-8-5-6-9(7-11(8)17)14(19)18-12-4-2-3-10(16)13(12)15(20)21/h2-7H,17H2,1H3,(H,18,19)(H,20,21). The van der Waals surface area contributed by atoms with Crippen molar-refractivity contribution in [3.8, 4) is 0 Å². The normalized spacial score (nSPS) is 10.2. The number of benzene rings is 2. The van der Waals surface area contributed by atoms with Gasteiger partial charge in [-0.25, -0.2) is 4.79 Å². The Morgan fingerprint density at radius 2 is 1.95 bits per heavy atom. The van der Waals surface area contributed by atoms with Crippen molar-refractivity contribution >= 4 is 34.9 Å². The molecule has 2 rings (SSSR count). The SMILES string of the molecule is Cc1ccc(C(=O)Nc2cccc(Cl)c2C(=O)O)cc1N. The molecule has 6 heteroatoms. The summed E-state index contributed by atoms with van der Waals surface area (Å²) in [6, 6.07) is 9.37. The lowest BCUT2D eigenvalue weighted by Crippen LogP contribution is -2.15. The molecule has 0 aromatic heterocycles. The summed E-state index contributed by atoms with van der Waals surface area (Å²) in [6.07, 6.45) is 0. The molecule has 0 fully saturated rings. The van der Waals surface area contributed by atoms with Crippen molar-refractivity contribution in [2.24, 2.45) is 0 Å². The lowest BCUT2D eigenvalue weighted by atomic mass is 10.1. The molecule has 0 atom stereocenters. The highest BCUT2D eigenvalue weighted by atomic mass is 35.5. The second kappa shape index (κ2) is 5.85. The third-order valence-corrected chi connectivity index (χ3v) is 3.33. The molecule has 0 bridgehead atoms. The fraction of sp³-hybridized carbons (Fsp3) is 0.0667. The first-order chi connectivity index (χ1) is 9.90. The van der Waals surface area contributed by atoms with Crippen molar-refractivity contribution in [2.45, 2.75) is 6.92 Å². The Kier molecular flexibility index (Phi) is 4.14. The number of aromatic carboxylic acids is 1. The van der Waals surface area contributed by atoms with Crippen LogP contribution in [0.2, 0.25) is 5.02 Å². The quantitative estimate of drug-likeness (QED) is 0.759. The van der Waals surface area contributed by atoms with Crippen molar-refractivity contribution in [1.82, 2.24) is 0 Å². The van der Waals surface area contributed by atoms with Crippen LogP contribution in [0.4, 0.5) is 11.4 Å². The number of carbonyl (C=O) groups excluding carboxylic acids is 1. The van der Waals surface area contributed by atoms with E-state index >= 15 is 0 Å². The molecule has 0 unspecified atom stereocenters. The molecule has 0 radical (unpaired) electrons. The fourth-order valence-electron chi connectivity index (χ4n) is 1.82. The summed E-state index contributed by atoms with van der Waals surface area (Å²) in [6.45, 7) is 1.83. The van der Waals surface area contributed by atoms with Gasteiger partial charge in [0.1, 0.15) is 5.56 Å². The maximum Gasteiger partial charge on any atom is 0.339 e. The summed E-state index contributed by atoms with van der Waals surface area (Å²) in [5.74, 6) is -1.66. The molecule has 1 amide bonds. The number of carboxylic acids is 1. The fourth-order valence-corrected chi connectivity index (χ4v) is 2.08. The predicted molar refractivity (Wildman–Crippen MR) is 82.0 cm³/mol. The number of nitrogen functional groups attached to an aromatic ring is 1. The summed E-state index contributed by atoms with van der Waals surface area (Å²) in [7, 11) is 0. The van der Waals surface area contributed by atoms with E-state index in [4.69, 9.17) is 22.4 Å². The van der Waals surface area contributed by atoms with Crippen LogP contribution in [0.25, 0.3) is 0 Å². The van der Waals surface area contributed by atoms with Gasteiger partial charge in [0, 0.05) is 11.3 Å². The molecule has 0 aliphatic rings. The number of carbonyl (C=O) groups is 2. The number of rotatable bonds is 3. The molecule has 0 aliphatic carbocycles. The molecule has 0 aliphatic heterocycles. The van der Waals surface area contributed by atoms with E-state index in [0.717, 1.165) is 5.56 Å². The summed E-state index contributed by atoms with van der Waals surface area (Å²) < 4.78 is 0. The second-order valence-corrected chi connectivity index (χ2v) is 4.90. The maximum absolute atomic E-state index is 12.2. The lowest BCUT2D eigenvalue weighted by molar-refractivity contribution is 0.0698. The lowest BCUT2D eigenvalue weighted by Gasteiger charge is -2.10. The summed E-state index contributed by atoms with van der Waals surface area (Å²) in [5.41, 5.74) is 7.45. The summed E-state index contributed by atoms with van der Waals surface area (Å²) in [4.78, 5) is 23.4. The van der Waals surface area contributed by atoms with Crippen molar-refractivity contribution < 1.29 is 14.7 Å². The number of nitrogens with two attached hydrogens (primary N) is 1. The number of amides is 1. The number of anilines is 2. The highest BCUT2D eigenvalue weighted by Crippen LogP contribution is 2.25. The average molecular weight is 305 g/mol. The Balaban J connectivity index is 2.34. The Bertz CT molecular complexity index is 729. The van der Waals surface area contributed by atoms with Crippen molar-refractivity contribution in [1.29, 1.82) is 0 Å². The van der Waals surface area contributed by atoms with E-state index in [1.807, 2.05) is 6.92 Å². The molecule has 4 N–H and O–H groups in total. The van der Waals surface area contributed by atoms with Gasteiger partial charge in [-0.3, -0.25) is 4.79 Å². The third kappa shape index (κ3) is 3.14. The third-order valence-electron chi connectivity index (χ3n) is 3.02. The van der Waals surface area contributed by atoms with Crippen LogP contribution in [-0.2, 0) is 0 Å². The molecule has 108 valence electrons. The van der Waals surface area contributed by atoms with Gasteiger partial charge >= 0.3 is 5.97 Å². The molecular formula is C15H13ClN2O3. The van der Waals surface area contributed by atoms with E-state index in [1.54, 1.807) is 18.2 Å². The van der Waals surface area contributed by atoms with Crippen LogP contribution in [0.3, 0.4) is 0 Å². The first kappa shape index (κ1) is 14.9. The minimum atomic E-state index is -1.21. The topological polar surface area (TPSA) is 92.4 Å². The summed E-state index contributed by atoms with van der Waals surface area (Å²) in [5, 5.41) is 11.7. The number of hydrogen-bond acceptors (Lipinski definition) is 3. The number of halogens is 1. The van der Waals surface area contributed by atoms with Gasteiger partial charge in [0.2, 0.25) is 0 Å². The first-order valence-electron chi connectivity index (χ1n) is 6.09. The van der Waals surface area contributed by atoms with Crippen molar-refractivity contribution in [3.05, 3.63) is 58.1 Å². The van der Waals surface area contributed by atoms with Gasteiger partial charge in [-0.2, -0.15) is 0 Å². The minimum Gasteiger partial charge on any atom is -0.478 e. The number of carboxylic acid groups (broad SMARTS) is 1. The molecular weight excluding hydrogens is 292 g/mol. The highest BCUT2D eigenvalue weighted by molar-refractivity contribution is 6.34. The van der Waals surface area contributed by atoms with E-state index in [-0.39, 0.29) is 16.3 Å². The van der Waals surface area contributed by atoms with Crippen LogP contribution in [0.1, 0.15) is 26.3 Å². The van der Waals surface area contributed by atoms with Crippen LogP contribution in [0, 0.1) is 6.92 Å². The zero-order chi connectivity index (χ0) is 15.6. The first-order valence-corrected chi connectivity index (χ1v) is 6.47. The monoisotopic (exact) mass is 304 g/mol. The zero-order valence-electron chi connectivity index (χ0n) is 11.2. The van der Waals surface area contributed by atoms with E-state index in [9.17, 15) is 9.59 Å². The Morgan fingerprint density at radius 3 is 2.57 bits per heavy atom. The molecule has 0 saturated carbocycles. The van der Waals surface area contributed by atoms with Gasteiger partial charge in [0.25, 0.3) is 5.91 Å². The highest BCUT2D eigenvalue weighted by Gasteiger charge is 2.17.